The Kier molecular flexibility index (Phi) is 5.55. The highest BCUT2D eigenvalue weighted by Gasteiger charge is 2.27. The van der Waals surface area contributed by atoms with Crippen LogP contribution in [-0.2, 0) is 17.9 Å². The van der Waals surface area contributed by atoms with Gasteiger partial charge in [0, 0.05) is 20.1 Å². The summed E-state index contributed by atoms with van der Waals surface area (Å²) in [6.45, 7) is 3.75. The van der Waals surface area contributed by atoms with Crippen molar-refractivity contribution < 1.29 is 14.0 Å². The first kappa shape index (κ1) is 19.0. The predicted molar refractivity (Wildman–Crippen MR) is 99.7 cm³/mol. The van der Waals surface area contributed by atoms with E-state index in [0.717, 1.165) is 24.2 Å². The first-order valence-corrected chi connectivity index (χ1v) is 8.94. The van der Waals surface area contributed by atoms with Gasteiger partial charge in [-0.1, -0.05) is 6.07 Å². The topological polar surface area (TPSA) is 79.3 Å². The number of aryl methyl sites for hydroxylation is 1. The molecular weight excluding hydrogens is 349 g/mol. The van der Waals surface area contributed by atoms with Crippen LogP contribution in [-0.4, -0.2) is 53.5 Å². The number of carbonyl (C=O) groups excluding carboxylic acids is 2. The van der Waals surface area contributed by atoms with E-state index in [-0.39, 0.29) is 24.0 Å². The number of nitrogens with zero attached hydrogens (tertiary/aromatic N) is 3. The maximum Gasteiger partial charge on any atom is 0.272 e. The zero-order valence-electron chi connectivity index (χ0n) is 15.8. The molecule has 0 saturated heterocycles. The van der Waals surface area contributed by atoms with Crippen molar-refractivity contribution in [2.24, 2.45) is 0 Å². The molecule has 7 nitrogen and oxygen atoms in total. The van der Waals surface area contributed by atoms with E-state index < -0.39 is 5.91 Å². The molecule has 0 radical (unpaired) electrons. The molecule has 8 heteroatoms. The van der Waals surface area contributed by atoms with Crippen molar-refractivity contribution in [1.82, 2.24) is 25.1 Å². The van der Waals surface area contributed by atoms with Crippen LogP contribution in [0.2, 0.25) is 0 Å². The van der Waals surface area contributed by atoms with Crippen LogP contribution < -0.4 is 10.6 Å². The third-order valence-corrected chi connectivity index (χ3v) is 4.68. The number of amides is 2. The van der Waals surface area contributed by atoms with Crippen LogP contribution in [0.4, 0.5) is 4.39 Å². The third-order valence-electron chi connectivity index (χ3n) is 4.68. The Balaban J connectivity index is 2.04. The molecule has 2 amide bonds. The molecule has 0 unspecified atom stereocenters. The summed E-state index contributed by atoms with van der Waals surface area (Å²) < 4.78 is 16.5. The maximum absolute atomic E-state index is 14.6. The summed E-state index contributed by atoms with van der Waals surface area (Å²) in [5, 5.41) is 5.04. The molecule has 2 heterocycles. The quantitative estimate of drug-likeness (QED) is 0.847. The third kappa shape index (κ3) is 4.00. The highest BCUT2D eigenvalue weighted by Crippen LogP contribution is 2.28. The number of benzene rings is 1. The molecule has 2 aromatic rings. The van der Waals surface area contributed by atoms with Gasteiger partial charge in [0.05, 0.1) is 17.8 Å². The first-order chi connectivity index (χ1) is 12.9. The number of imidazole rings is 1. The number of aromatic nitrogens is 2. The Morgan fingerprint density at radius 3 is 2.78 bits per heavy atom. The van der Waals surface area contributed by atoms with Gasteiger partial charge in [-0.25, -0.2) is 9.37 Å². The molecule has 0 fully saturated rings. The smallest absolute Gasteiger partial charge is 0.272 e. The molecule has 0 aliphatic carbocycles. The van der Waals surface area contributed by atoms with Gasteiger partial charge in [-0.05, 0) is 44.6 Å². The zero-order valence-corrected chi connectivity index (χ0v) is 15.8. The lowest BCUT2D eigenvalue weighted by Crippen LogP contribution is -2.36. The van der Waals surface area contributed by atoms with E-state index in [2.05, 4.69) is 20.5 Å². The standard InChI is InChI=1S/C19H24FN5O2/c1-12-5-6-13(14(20)9-12)18-23-17(19(27)22-10-16(26)21-2)15-11-24(3)7-4-8-25(15)18/h5-6,9H,4,7-8,10-11H2,1-3H3,(H,21,26)(H,22,27). The Morgan fingerprint density at radius 2 is 2.07 bits per heavy atom. The van der Waals surface area contributed by atoms with Gasteiger partial charge >= 0.3 is 0 Å². The van der Waals surface area contributed by atoms with Gasteiger partial charge in [0.1, 0.15) is 11.6 Å². The van der Waals surface area contributed by atoms with Crippen molar-refractivity contribution in [3.8, 4) is 11.4 Å². The van der Waals surface area contributed by atoms with Crippen molar-refractivity contribution in [2.45, 2.75) is 26.4 Å². The van der Waals surface area contributed by atoms with E-state index in [4.69, 9.17) is 0 Å². The summed E-state index contributed by atoms with van der Waals surface area (Å²) >= 11 is 0. The molecule has 1 aliphatic rings. The first-order valence-electron chi connectivity index (χ1n) is 8.94. The number of likely N-dealkylation sites (N-methyl/N-ethyl adjacent to an activating group) is 1. The van der Waals surface area contributed by atoms with E-state index in [9.17, 15) is 14.0 Å². The SMILES string of the molecule is CNC(=O)CNC(=O)c1nc(-c2ccc(C)cc2F)n2c1CN(C)CCC2. The molecule has 2 N–H and O–H groups in total. The number of carbonyl (C=O) groups is 2. The van der Waals surface area contributed by atoms with Crippen molar-refractivity contribution in [3.05, 3.63) is 41.0 Å². The van der Waals surface area contributed by atoms with Crippen LogP contribution in [0.5, 0.6) is 0 Å². The highest BCUT2D eigenvalue weighted by atomic mass is 19.1. The van der Waals surface area contributed by atoms with E-state index in [1.165, 1.54) is 13.1 Å². The lowest BCUT2D eigenvalue weighted by Gasteiger charge is -2.13. The Hall–Kier alpha value is -2.74. The molecule has 0 bridgehead atoms. The normalized spacial score (nSPS) is 14.4. The molecule has 0 spiro atoms. The molecule has 27 heavy (non-hydrogen) atoms. The number of hydrogen-bond acceptors (Lipinski definition) is 4. The number of fused-ring (bicyclic) bond motifs is 1. The van der Waals surface area contributed by atoms with Crippen molar-refractivity contribution in [3.63, 3.8) is 0 Å². The van der Waals surface area contributed by atoms with Crippen LogP contribution >= 0.6 is 0 Å². The minimum Gasteiger partial charge on any atom is -0.358 e. The van der Waals surface area contributed by atoms with Crippen LogP contribution in [0.25, 0.3) is 11.4 Å². The minimum atomic E-state index is -0.434. The van der Waals surface area contributed by atoms with Crippen LogP contribution in [0.3, 0.4) is 0 Å². The van der Waals surface area contributed by atoms with Crippen LogP contribution in [0.1, 0.15) is 28.2 Å². The molecule has 144 valence electrons. The van der Waals surface area contributed by atoms with E-state index in [1.807, 2.05) is 24.6 Å². The predicted octanol–water partition coefficient (Wildman–Crippen LogP) is 1.31. The van der Waals surface area contributed by atoms with Crippen molar-refractivity contribution in [1.29, 1.82) is 0 Å². The number of rotatable bonds is 4. The zero-order chi connectivity index (χ0) is 19.6. The lowest BCUT2D eigenvalue weighted by molar-refractivity contribution is -0.119. The van der Waals surface area contributed by atoms with Gasteiger partial charge in [-0.2, -0.15) is 0 Å². The van der Waals surface area contributed by atoms with Crippen LogP contribution in [0.15, 0.2) is 18.2 Å². The van der Waals surface area contributed by atoms with Crippen molar-refractivity contribution in [2.75, 3.05) is 27.2 Å². The largest absolute Gasteiger partial charge is 0.358 e. The second-order valence-corrected chi connectivity index (χ2v) is 6.81. The summed E-state index contributed by atoms with van der Waals surface area (Å²) in [4.78, 5) is 30.7. The summed E-state index contributed by atoms with van der Waals surface area (Å²) in [5.74, 6) is -0.646. The van der Waals surface area contributed by atoms with Crippen molar-refractivity contribution >= 4 is 11.8 Å². The molecular formula is C19H24FN5O2. The monoisotopic (exact) mass is 373 g/mol. The van der Waals surface area contributed by atoms with E-state index >= 15 is 0 Å². The lowest BCUT2D eigenvalue weighted by atomic mass is 10.1. The van der Waals surface area contributed by atoms with E-state index in [0.29, 0.717) is 24.5 Å². The Bertz CT molecular complexity index is 877. The molecule has 1 aliphatic heterocycles. The molecule has 0 atom stereocenters. The molecule has 0 saturated carbocycles. The minimum absolute atomic E-state index is 0.133. The van der Waals surface area contributed by atoms with Gasteiger partial charge in [0.15, 0.2) is 5.69 Å². The Morgan fingerprint density at radius 1 is 1.30 bits per heavy atom. The number of hydrogen-bond donors (Lipinski definition) is 2. The maximum atomic E-state index is 14.6. The highest BCUT2D eigenvalue weighted by molar-refractivity contribution is 5.96. The average Bonchev–Trinajstić information content (AvgIpc) is 2.85. The number of halogens is 1. The van der Waals surface area contributed by atoms with Gasteiger partial charge < -0.3 is 20.1 Å². The fourth-order valence-corrected chi connectivity index (χ4v) is 3.24. The number of nitrogens with one attached hydrogen (secondary N) is 2. The average molecular weight is 373 g/mol. The van der Waals surface area contributed by atoms with E-state index in [1.54, 1.807) is 6.07 Å². The summed E-state index contributed by atoms with van der Waals surface area (Å²) in [5.41, 5.74) is 2.17. The second-order valence-electron chi connectivity index (χ2n) is 6.81. The van der Waals surface area contributed by atoms with Gasteiger partial charge in [-0.3, -0.25) is 9.59 Å². The summed E-state index contributed by atoms with van der Waals surface area (Å²) in [6, 6.07) is 4.99. The molecule has 1 aromatic heterocycles. The second kappa shape index (κ2) is 7.87. The Labute approximate surface area is 157 Å². The van der Waals surface area contributed by atoms with Gasteiger partial charge in [0.2, 0.25) is 5.91 Å². The van der Waals surface area contributed by atoms with Gasteiger partial charge in [-0.15, -0.1) is 0 Å². The summed E-state index contributed by atoms with van der Waals surface area (Å²) in [6.07, 6.45) is 0.875. The summed E-state index contributed by atoms with van der Waals surface area (Å²) in [7, 11) is 3.48. The van der Waals surface area contributed by atoms with Gasteiger partial charge in [0.25, 0.3) is 5.91 Å². The molecule has 3 rings (SSSR count). The molecule has 1 aromatic carbocycles. The fourth-order valence-electron chi connectivity index (χ4n) is 3.24. The fraction of sp³-hybridized carbons (Fsp3) is 0.421. The van der Waals surface area contributed by atoms with Crippen LogP contribution in [0, 0.1) is 12.7 Å².